The van der Waals surface area contributed by atoms with E-state index in [0.717, 1.165) is 36.6 Å². The number of aromatic nitrogens is 2. The lowest BCUT2D eigenvalue weighted by molar-refractivity contribution is 0.122. The van der Waals surface area contributed by atoms with Gasteiger partial charge < -0.3 is 25.6 Å². The Balaban J connectivity index is 1.37. The minimum Gasteiger partial charge on any atom is -0.378 e. The molecule has 4 rings (SSSR count). The molecule has 160 valence electrons. The molecule has 2 aromatic carbocycles. The highest BCUT2D eigenvalue weighted by atomic mass is 19.1. The van der Waals surface area contributed by atoms with Gasteiger partial charge in [-0.25, -0.2) is 13.6 Å². The van der Waals surface area contributed by atoms with Gasteiger partial charge in [-0.3, -0.25) is 0 Å². The molecule has 1 saturated heterocycles. The number of anilines is 5. The van der Waals surface area contributed by atoms with E-state index in [1.165, 1.54) is 6.07 Å². The summed E-state index contributed by atoms with van der Waals surface area (Å²) in [6.45, 7) is 2.95. The molecule has 8 nitrogen and oxygen atoms in total. The molecule has 1 aromatic heterocycles. The van der Waals surface area contributed by atoms with Crippen LogP contribution in [-0.4, -0.2) is 42.5 Å². The van der Waals surface area contributed by atoms with Crippen LogP contribution >= 0.6 is 0 Å². The van der Waals surface area contributed by atoms with Crippen LogP contribution in [0.2, 0.25) is 0 Å². The number of nitrogens with one attached hydrogen (secondary N) is 3. The summed E-state index contributed by atoms with van der Waals surface area (Å²) in [5.41, 5.74) is 1.64. The van der Waals surface area contributed by atoms with Crippen LogP contribution in [0.4, 0.5) is 42.1 Å². The Labute approximate surface area is 177 Å². The number of nitrogens with zero attached hydrogens (tertiary/aromatic N) is 3. The molecule has 3 N–H and O–H groups in total. The number of rotatable bonds is 5. The highest BCUT2D eigenvalue weighted by molar-refractivity contribution is 6.00. The molecule has 0 bridgehead atoms. The number of ether oxygens (including phenoxy) is 1. The van der Waals surface area contributed by atoms with Crippen molar-refractivity contribution in [2.24, 2.45) is 0 Å². The topological polar surface area (TPSA) is 91.4 Å². The summed E-state index contributed by atoms with van der Waals surface area (Å²) in [4.78, 5) is 14.2. The van der Waals surface area contributed by atoms with Crippen molar-refractivity contribution in [1.82, 2.24) is 10.2 Å². The van der Waals surface area contributed by atoms with Crippen LogP contribution in [0.25, 0.3) is 0 Å². The molecule has 0 spiro atoms. The predicted octanol–water partition coefficient (Wildman–Crippen LogP) is 3.98. The summed E-state index contributed by atoms with van der Waals surface area (Å²) in [5, 5.41) is 16.0. The van der Waals surface area contributed by atoms with Gasteiger partial charge in [-0.15, -0.1) is 5.10 Å². The maximum atomic E-state index is 13.6. The maximum absolute atomic E-state index is 13.6. The van der Waals surface area contributed by atoms with Crippen molar-refractivity contribution in [2.75, 3.05) is 47.2 Å². The van der Waals surface area contributed by atoms with Crippen molar-refractivity contribution in [1.29, 1.82) is 0 Å². The van der Waals surface area contributed by atoms with E-state index in [4.69, 9.17) is 4.74 Å². The van der Waals surface area contributed by atoms with Gasteiger partial charge in [-0.05, 0) is 36.4 Å². The number of hydrogen-bond donors (Lipinski definition) is 3. The lowest BCUT2D eigenvalue weighted by atomic mass is 10.2. The van der Waals surface area contributed by atoms with Crippen LogP contribution in [0.3, 0.4) is 0 Å². The van der Waals surface area contributed by atoms with Crippen LogP contribution in [0.15, 0.2) is 54.7 Å². The van der Waals surface area contributed by atoms with Gasteiger partial charge in [-0.2, -0.15) is 5.10 Å². The first-order chi connectivity index (χ1) is 15.1. The van der Waals surface area contributed by atoms with Gasteiger partial charge in [0.05, 0.1) is 25.1 Å². The molecule has 0 radical (unpaired) electrons. The first-order valence-corrected chi connectivity index (χ1v) is 9.63. The van der Waals surface area contributed by atoms with Gasteiger partial charge in [0, 0.05) is 30.5 Å². The van der Waals surface area contributed by atoms with E-state index in [1.54, 1.807) is 30.5 Å². The van der Waals surface area contributed by atoms with Crippen LogP contribution in [0.1, 0.15) is 0 Å². The Morgan fingerprint density at radius 2 is 1.65 bits per heavy atom. The smallest absolute Gasteiger partial charge is 0.323 e. The zero-order chi connectivity index (χ0) is 21.6. The van der Waals surface area contributed by atoms with Crippen LogP contribution in [0.5, 0.6) is 0 Å². The summed E-state index contributed by atoms with van der Waals surface area (Å²) in [6.07, 6.45) is 1.71. The molecule has 0 saturated carbocycles. The average Bonchev–Trinajstić information content (AvgIpc) is 2.79. The third-order valence-corrected chi connectivity index (χ3v) is 4.63. The Morgan fingerprint density at radius 3 is 2.35 bits per heavy atom. The van der Waals surface area contributed by atoms with Crippen molar-refractivity contribution in [2.45, 2.75) is 0 Å². The number of carbonyl (C=O) groups excluding carboxylic acids is 1. The van der Waals surface area contributed by atoms with Gasteiger partial charge in [0.2, 0.25) is 0 Å². The fourth-order valence-corrected chi connectivity index (χ4v) is 3.09. The van der Waals surface area contributed by atoms with Gasteiger partial charge in [0.1, 0.15) is 17.3 Å². The number of benzene rings is 2. The van der Waals surface area contributed by atoms with Crippen LogP contribution in [-0.2, 0) is 4.74 Å². The maximum Gasteiger partial charge on any atom is 0.323 e. The highest BCUT2D eigenvalue weighted by Gasteiger charge is 2.13. The van der Waals surface area contributed by atoms with E-state index in [9.17, 15) is 13.6 Å². The first-order valence-electron chi connectivity index (χ1n) is 9.63. The second-order valence-electron chi connectivity index (χ2n) is 6.78. The Hall–Kier alpha value is -3.79. The summed E-state index contributed by atoms with van der Waals surface area (Å²) in [5.74, 6) is -1.12. The molecule has 31 heavy (non-hydrogen) atoms. The molecule has 10 heteroatoms. The van der Waals surface area contributed by atoms with E-state index in [0.29, 0.717) is 24.7 Å². The van der Waals surface area contributed by atoms with E-state index < -0.39 is 23.4 Å². The quantitative estimate of drug-likeness (QED) is 0.572. The molecule has 3 aromatic rings. The minimum absolute atomic E-state index is 0.452. The lowest BCUT2D eigenvalue weighted by Gasteiger charge is -2.28. The largest absolute Gasteiger partial charge is 0.378 e. The molecule has 2 heterocycles. The summed E-state index contributed by atoms with van der Waals surface area (Å²) >= 11 is 0. The van der Waals surface area contributed by atoms with E-state index in [2.05, 4.69) is 31.0 Å². The Bertz CT molecular complexity index is 1040. The van der Waals surface area contributed by atoms with Crippen molar-refractivity contribution in [3.05, 3.63) is 66.4 Å². The molecular weight excluding hydrogens is 406 g/mol. The summed E-state index contributed by atoms with van der Waals surface area (Å²) in [7, 11) is 0. The fraction of sp³-hybridized carbons (Fsp3) is 0.190. The minimum atomic E-state index is -0.852. The Morgan fingerprint density at radius 1 is 0.968 bits per heavy atom. The standard InChI is InChI=1S/C21H20F2N6O2/c22-17-2-1-3-18(23)20(17)27-21(30)26-15-6-4-14(5-7-15)25-19-12-16(13-24-28-19)29-8-10-31-11-9-29/h1-7,12-13H,8-11H2,(H,25,28)(H2,26,27,30). The number of hydrogen-bond acceptors (Lipinski definition) is 6. The first kappa shape index (κ1) is 20.5. The molecule has 2 amide bonds. The fourth-order valence-electron chi connectivity index (χ4n) is 3.09. The normalized spacial score (nSPS) is 13.5. The number of urea groups is 1. The van der Waals surface area contributed by atoms with Gasteiger partial charge in [-0.1, -0.05) is 6.07 Å². The van der Waals surface area contributed by atoms with Gasteiger partial charge in [0.15, 0.2) is 5.82 Å². The van der Waals surface area contributed by atoms with Crippen molar-refractivity contribution >= 4 is 34.6 Å². The summed E-state index contributed by atoms with van der Waals surface area (Å²) < 4.78 is 32.7. The van der Waals surface area contributed by atoms with E-state index >= 15 is 0 Å². The second-order valence-corrected chi connectivity index (χ2v) is 6.78. The molecule has 0 aliphatic carbocycles. The SMILES string of the molecule is O=C(Nc1ccc(Nc2cc(N3CCOCC3)cnn2)cc1)Nc1c(F)cccc1F. The van der Waals surface area contributed by atoms with E-state index in [1.807, 2.05) is 6.07 Å². The summed E-state index contributed by atoms with van der Waals surface area (Å²) in [6, 6.07) is 11.3. The van der Waals surface area contributed by atoms with Gasteiger partial charge in [0.25, 0.3) is 0 Å². The van der Waals surface area contributed by atoms with Crippen molar-refractivity contribution < 1.29 is 18.3 Å². The molecule has 1 aliphatic heterocycles. The lowest BCUT2D eigenvalue weighted by Crippen LogP contribution is -2.36. The zero-order valence-electron chi connectivity index (χ0n) is 16.4. The number of morpholine rings is 1. The highest BCUT2D eigenvalue weighted by Crippen LogP contribution is 2.22. The molecule has 1 fully saturated rings. The molecule has 0 atom stereocenters. The van der Waals surface area contributed by atoms with Crippen LogP contribution < -0.4 is 20.9 Å². The van der Waals surface area contributed by atoms with Crippen LogP contribution in [0, 0.1) is 11.6 Å². The Kier molecular flexibility index (Phi) is 6.18. The third kappa shape index (κ3) is 5.23. The predicted molar refractivity (Wildman–Crippen MR) is 114 cm³/mol. The van der Waals surface area contributed by atoms with Crippen molar-refractivity contribution in [3.8, 4) is 0 Å². The monoisotopic (exact) mass is 426 g/mol. The number of amides is 2. The molecule has 0 unspecified atom stereocenters. The third-order valence-electron chi connectivity index (χ3n) is 4.63. The average molecular weight is 426 g/mol. The van der Waals surface area contributed by atoms with E-state index in [-0.39, 0.29) is 0 Å². The number of carbonyl (C=O) groups is 1. The molecule has 1 aliphatic rings. The number of halogens is 2. The second kappa shape index (κ2) is 9.35. The zero-order valence-corrected chi connectivity index (χ0v) is 16.4. The number of para-hydroxylation sites is 1. The van der Waals surface area contributed by atoms with Crippen molar-refractivity contribution in [3.63, 3.8) is 0 Å². The van der Waals surface area contributed by atoms with Gasteiger partial charge >= 0.3 is 6.03 Å². The molecular formula is C21H20F2N6O2.